The van der Waals surface area contributed by atoms with Crippen LogP contribution in [0.3, 0.4) is 0 Å². The van der Waals surface area contributed by atoms with E-state index in [0.717, 1.165) is 5.56 Å². The van der Waals surface area contributed by atoms with E-state index in [4.69, 9.17) is 4.74 Å². The van der Waals surface area contributed by atoms with E-state index in [9.17, 15) is 9.90 Å². The fourth-order valence-corrected chi connectivity index (χ4v) is 1.51. The fourth-order valence-electron chi connectivity index (χ4n) is 1.51. The van der Waals surface area contributed by atoms with Gasteiger partial charge >= 0.3 is 0 Å². The zero-order chi connectivity index (χ0) is 13.4. The molecule has 0 saturated carbocycles. The zero-order valence-electron chi connectivity index (χ0n) is 10.7. The Labute approximate surface area is 107 Å². The van der Waals surface area contributed by atoms with Crippen molar-refractivity contribution >= 4 is 12.0 Å². The number of hydrogen-bond donors (Lipinski definition) is 1. The number of carbonyl (C=O) groups excluding carboxylic acids is 1. The highest BCUT2D eigenvalue weighted by atomic mass is 16.5. The SMILES string of the molecule is COCC(O)CN(C)C(=O)C=Cc1ccccc1. The Hall–Kier alpha value is -1.65. The van der Waals surface area contributed by atoms with Gasteiger partial charge in [0.05, 0.1) is 12.7 Å². The Morgan fingerprint density at radius 3 is 2.72 bits per heavy atom. The minimum atomic E-state index is -0.658. The maximum atomic E-state index is 11.7. The summed E-state index contributed by atoms with van der Waals surface area (Å²) < 4.78 is 4.81. The molecule has 0 heterocycles. The molecule has 4 nitrogen and oxygen atoms in total. The summed E-state index contributed by atoms with van der Waals surface area (Å²) in [5.41, 5.74) is 0.969. The first kappa shape index (κ1) is 14.4. The molecule has 4 heteroatoms. The zero-order valence-corrected chi connectivity index (χ0v) is 10.7. The van der Waals surface area contributed by atoms with Gasteiger partial charge in [-0.25, -0.2) is 0 Å². The molecule has 0 aliphatic heterocycles. The number of amides is 1. The first-order valence-corrected chi connectivity index (χ1v) is 5.78. The highest BCUT2D eigenvalue weighted by molar-refractivity contribution is 5.91. The second-order valence-electron chi connectivity index (χ2n) is 4.07. The monoisotopic (exact) mass is 249 g/mol. The molecule has 0 fully saturated rings. The summed E-state index contributed by atoms with van der Waals surface area (Å²) in [7, 11) is 3.16. The maximum absolute atomic E-state index is 11.7. The lowest BCUT2D eigenvalue weighted by Crippen LogP contribution is -2.35. The molecule has 0 radical (unpaired) electrons. The molecule has 1 N–H and O–H groups in total. The Bertz CT molecular complexity index is 389. The van der Waals surface area contributed by atoms with Gasteiger partial charge in [-0.05, 0) is 11.6 Å². The second kappa shape index (κ2) is 7.63. The van der Waals surface area contributed by atoms with Crippen LogP contribution in [0.1, 0.15) is 5.56 Å². The predicted molar refractivity (Wildman–Crippen MR) is 71.0 cm³/mol. The molecular weight excluding hydrogens is 230 g/mol. The van der Waals surface area contributed by atoms with Gasteiger partial charge in [-0.15, -0.1) is 0 Å². The molecule has 18 heavy (non-hydrogen) atoms. The number of aliphatic hydroxyl groups excluding tert-OH is 1. The lowest BCUT2D eigenvalue weighted by molar-refractivity contribution is -0.126. The van der Waals surface area contributed by atoms with E-state index in [-0.39, 0.29) is 19.1 Å². The molecule has 0 bridgehead atoms. The topological polar surface area (TPSA) is 49.8 Å². The molecule has 1 unspecified atom stereocenters. The predicted octanol–water partition coefficient (Wildman–Crippen LogP) is 1.17. The number of nitrogens with zero attached hydrogens (tertiary/aromatic N) is 1. The van der Waals surface area contributed by atoms with Gasteiger partial charge in [-0.3, -0.25) is 4.79 Å². The van der Waals surface area contributed by atoms with Crippen LogP contribution in [0.2, 0.25) is 0 Å². The number of rotatable bonds is 6. The van der Waals surface area contributed by atoms with Crippen LogP contribution in [0.5, 0.6) is 0 Å². The summed E-state index contributed by atoms with van der Waals surface area (Å²) >= 11 is 0. The van der Waals surface area contributed by atoms with Crippen molar-refractivity contribution < 1.29 is 14.6 Å². The van der Waals surface area contributed by atoms with Crippen LogP contribution >= 0.6 is 0 Å². The van der Waals surface area contributed by atoms with E-state index in [1.807, 2.05) is 30.3 Å². The van der Waals surface area contributed by atoms with Crippen LogP contribution in [0.25, 0.3) is 6.08 Å². The van der Waals surface area contributed by atoms with Crippen molar-refractivity contribution in [3.05, 3.63) is 42.0 Å². The molecule has 98 valence electrons. The average Bonchev–Trinajstić information content (AvgIpc) is 2.37. The van der Waals surface area contributed by atoms with Crippen LogP contribution in [0.15, 0.2) is 36.4 Å². The van der Waals surface area contributed by atoms with Crippen molar-refractivity contribution in [1.29, 1.82) is 0 Å². The lowest BCUT2D eigenvalue weighted by Gasteiger charge is -2.18. The molecule has 1 amide bonds. The number of likely N-dealkylation sites (N-methyl/N-ethyl adjacent to an activating group) is 1. The Kier molecular flexibility index (Phi) is 6.11. The van der Waals surface area contributed by atoms with Gasteiger partial charge in [0, 0.05) is 26.8 Å². The van der Waals surface area contributed by atoms with Gasteiger partial charge in [0.25, 0.3) is 0 Å². The number of hydrogen-bond acceptors (Lipinski definition) is 3. The molecule has 0 aromatic heterocycles. The number of carbonyl (C=O) groups is 1. The third kappa shape index (κ3) is 5.12. The van der Waals surface area contributed by atoms with E-state index < -0.39 is 6.10 Å². The van der Waals surface area contributed by atoms with E-state index >= 15 is 0 Å². The molecule has 0 spiro atoms. The third-order valence-corrected chi connectivity index (χ3v) is 2.44. The van der Waals surface area contributed by atoms with Gasteiger partial charge in [-0.1, -0.05) is 30.3 Å². The highest BCUT2D eigenvalue weighted by Gasteiger charge is 2.10. The molecule has 0 aliphatic carbocycles. The summed E-state index contributed by atoms with van der Waals surface area (Å²) in [5, 5.41) is 9.51. The minimum Gasteiger partial charge on any atom is -0.389 e. The summed E-state index contributed by atoms with van der Waals surface area (Å²) in [4.78, 5) is 13.2. The van der Waals surface area contributed by atoms with Gasteiger partial charge in [-0.2, -0.15) is 0 Å². The van der Waals surface area contributed by atoms with Crippen molar-refractivity contribution in [3.63, 3.8) is 0 Å². The van der Waals surface area contributed by atoms with Crippen LogP contribution < -0.4 is 0 Å². The van der Waals surface area contributed by atoms with Crippen LogP contribution in [-0.4, -0.2) is 49.3 Å². The van der Waals surface area contributed by atoms with E-state index in [1.54, 1.807) is 13.1 Å². The number of aliphatic hydroxyl groups is 1. The average molecular weight is 249 g/mol. The van der Waals surface area contributed by atoms with Gasteiger partial charge in [0.1, 0.15) is 0 Å². The molecular formula is C14H19NO3. The molecule has 1 aromatic rings. The smallest absolute Gasteiger partial charge is 0.246 e. The molecule has 0 aliphatic rings. The van der Waals surface area contributed by atoms with Crippen LogP contribution in [-0.2, 0) is 9.53 Å². The molecule has 1 rings (SSSR count). The highest BCUT2D eigenvalue weighted by Crippen LogP contribution is 2.02. The quantitative estimate of drug-likeness (QED) is 0.770. The standard InChI is InChI=1S/C14H19NO3/c1-15(10-13(16)11-18-2)14(17)9-8-12-6-4-3-5-7-12/h3-9,13,16H,10-11H2,1-2H3. The van der Waals surface area contributed by atoms with E-state index in [2.05, 4.69) is 0 Å². The Balaban J connectivity index is 2.47. The van der Waals surface area contributed by atoms with Crippen molar-refractivity contribution in [3.8, 4) is 0 Å². The Morgan fingerprint density at radius 1 is 1.44 bits per heavy atom. The van der Waals surface area contributed by atoms with Gasteiger partial charge in [0.15, 0.2) is 0 Å². The number of ether oxygens (including phenoxy) is 1. The lowest BCUT2D eigenvalue weighted by atomic mass is 10.2. The largest absolute Gasteiger partial charge is 0.389 e. The van der Waals surface area contributed by atoms with Crippen LogP contribution in [0.4, 0.5) is 0 Å². The summed E-state index contributed by atoms with van der Waals surface area (Å²) in [6.07, 6.45) is 2.59. The normalized spacial score (nSPS) is 12.6. The Morgan fingerprint density at radius 2 is 2.11 bits per heavy atom. The third-order valence-electron chi connectivity index (χ3n) is 2.44. The van der Waals surface area contributed by atoms with Gasteiger partial charge < -0.3 is 14.7 Å². The summed E-state index contributed by atoms with van der Waals surface area (Å²) in [6.45, 7) is 0.478. The molecule has 1 aromatic carbocycles. The number of methoxy groups -OCH3 is 1. The summed E-state index contributed by atoms with van der Waals surface area (Å²) in [5.74, 6) is -0.144. The summed E-state index contributed by atoms with van der Waals surface area (Å²) in [6, 6.07) is 9.59. The van der Waals surface area contributed by atoms with Gasteiger partial charge in [0.2, 0.25) is 5.91 Å². The van der Waals surface area contributed by atoms with E-state index in [1.165, 1.54) is 18.1 Å². The second-order valence-corrected chi connectivity index (χ2v) is 4.07. The first-order chi connectivity index (χ1) is 8.63. The van der Waals surface area contributed by atoms with Crippen molar-refractivity contribution in [1.82, 2.24) is 4.90 Å². The van der Waals surface area contributed by atoms with Crippen molar-refractivity contribution in [2.24, 2.45) is 0 Å². The van der Waals surface area contributed by atoms with Crippen molar-refractivity contribution in [2.75, 3.05) is 27.3 Å². The van der Waals surface area contributed by atoms with Crippen LogP contribution in [0, 0.1) is 0 Å². The molecule has 1 atom stereocenters. The van der Waals surface area contributed by atoms with E-state index in [0.29, 0.717) is 0 Å². The minimum absolute atomic E-state index is 0.144. The maximum Gasteiger partial charge on any atom is 0.246 e. The number of benzene rings is 1. The molecule has 0 saturated heterocycles. The first-order valence-electron chi connectivity index (χ1n) is 5.78. The van der Waals surface area contributed by atoms with Crippen molar-refractivity contribution in [2.45, 2.75) is 6.10 Å². The fraction of sp³-hybridized carbons (Fsp3) is 0.357.